The second kappa shape index (κ2) is 16.5. The molecule has 0 atom stereocenters. The van der Waals surface area contributed by atoms with Gasteiger partial charge in [-0.2, -0.15) is 0 Å². The average Bonchev–Trinajstić information content (AvgIpc) is 3.22. The molecular formula is C46H50N4O2. The fourth-order valence-corrected chi connectivity index (χ4v) is 8.16. The zero-order chi connectivity index (χ0) is 35.6. The molecule has 6 heteroatoms. The smallest absolute Gasteiger partial charge is 0.251 e. The summed E-state index contributed by atoms with van der Waals surface area (Å²) >= 11 is 0. The van der Waals surface area contributed by atoms with E-state index in [4.69, 9.17) is 0 Å². The van der Waals surface area contributed by atoms with Crippen molar-refractivity contribution in [2.45, 2.75) is 49.6 Å². The van der Waals surface area contributed by atoms with Crippen LogP contribution in [0.2, 0.25) is 0 Å². The lowest BCUT2D eigenvalue weighted by molar-refractivity contribution is 0.0908. The molecule has 0 aliphatic carbocycles. The first-order chi connectivity index (χ1) is 25.5. The minimum absolute atomic E-state index is 0.112. The number of hydrogen-bond acceptors (Lipinski definition) is 4. The van der Waals surface area contributed by atoms with Crippen LogP contribution in [0.1, 0.15) is 68.7 Å². The number of carbonyl (C=O) groups excluding carboxylic acids is 2. The van der Waals surface area contributed by atoms with Gasteiger partial charge in [0, 0.05) is 48.1 Å². The monoisotopic (exact) mass is 690 g/mol. The molecule has 266 valence electrons. The fraction of sp³-hybridized carbons (Fsp3) is 0.304. The second-order valence-corrected chi connectivity index (χ2v) is 14.8. The van der Waals surface area contributed by atoms with Gasteiger partial charge in [0.25, 0.3) is 11.8 Å². The highest BCUT2D eigenvalue weighted by Crippen LogP contribution is 2.37. The first-order valence-electron chi connectivity index (χ1n) is 18.8. The van der Waals surface area contributed by atoms with Crippen molar-refractivity contribution in [2.75, 3.05) is 39.3 Å². The molecule has 0 unspecified atom stereocenters. The quantitative estimate of drug-likeness (QED) is 0.142. The van der Waals surface area contributed by atoms with E-state index in [0.717, 1.165) is 65.0 Å². The maximum absolute atomic E-state index is 13.5. The predicted molar refractivity (Wildman–Crippen MR) is 209 cm³/mol. The summed E-state index contributed by atoms with van der Waals surface area (Å²) in [5.74, 6) is -0.224. The van der Waals surface area contributed by atoms with Gasteiger partial charge in [0.2, 0.25) is 0 Å². The van der Waals surface area contributed by atoms with Crippen molar-refractivity contribution in [3.8, 4) is 0 Å². The Hall–Kier alpha value is -5.04. The van der Waals surface area contributed by atoms with Gasteiger partial charge in [0.05, 0.1) is 0 Å². The number of amides is 2. The lowest BCUT2D eigenvalue weighted by Gasteiger charge is -2.42. The summed E-state index contributed by atoms with van der Waals surface area (Å²) < 4.78 is 0. The first-order valence-corrected chi connectivity index (χ1v) is 18.8. The highest BCUT2D eigenvalue weighted by Gasteiger charge is 2.38. The molecule has 52 heavy (non-hydrogen) atoms. The van der Waals surface area contributed by atoms with E-state index in [9.17, 15) is 9.59 Å². The van der Waals surface area contributed by atoms with Gasteiger partial charge in [-0.05, 0) is 98.4 Å². The summed E-state index contributed by atoms with van der Waals surface area (Å²) in [4.78, 5) is 32.0. The summed E-state index contributed by atoms with van der Waals surface area (Å²) in [6, 6.07) is 49.6. The van der Waals surface area contributed by atoms with E-state index in [1.807, 2.05) is 0 Å². The molecule has 7 rings (SSSR count). The minimum Gasteiger partial charge on any atom is -0.351 e. The summed E-state index contributed by atoms with van der Waals surface area (Å²) in [5.41, 5.74) is 6.08. The van der Waals surface area contributed by atoms with Crippen molar-refractivity contribution < 1.29 is 9.59 Å². The highest BCUT2D eigenvalue weighted by atomic mass is 16.2. The molecule has 0 saturated carbocycles. The van der Waals surface area contributed by atoms with Crippen LogP contribution in [0.3, 0.4) is 0 Å². The van der Waals surface area contributed by atoms with E-state index in [2.05, 4.69) is 142 Å². The number of nitrogens with one attached hydrogen (secondary N) is 2. The minimum atomic E-state index is -0.129. The van der Waals surface area contributed by atoms with Crippen LogP contribution in [0.25, 0.3) is 0 Å². The average molecular weight is 691 g/mol. The molecule has 2 aliphatic rings. The van der Waals surface area contributed by atoms with Gasteiger partial charge < -0.3 is 10.6 Å². The van der Waals surface area contributed by atoms with E-state index < -0.39 is 0 Å². The standard InChI is InChI=1S/C46H50N4O2/c51-43(47-35-45(41-17-9-3-10-18-41)25-29-49(30-26-45)33-37-13-5-1-6-14-37)39-21-23-40(24-22-39)44(52)48-36-46(42-19-11-4-12-20-42)27-31-50(32-28-46)34-38-15-7-2-8-16-38/h1-24H,25-36H2,(H,47,51)(H,48,52). The Morgan fingerprint density at radius 2 is 0.750 bits per heavy atom. The van der Waals surface area contributed by atoms with E-state index in [-0.39, 0.29) is 22.6 Å². The number of likely N-dealkylation sites (tertiary alicyclic amines) is 2. The summed E-state index contributed by atoms with van der Waals surface area (Å²) in [5, 5.41) is 6.54. The maximum atomic E-state index is 13.5. The molecule has 0 spiro atoms. The van der Waals surface area contributed by atoms with E-state index >= 15 is 0 Å². The zero-order valence-electron chi connectivity index (χ0n) is 30.1. The van der Waals surface area contributed by atoms with Crippen LogP contribution in [0, 0.1) is 0 Å². The van der Waals surface area contributed by atoms with E-state index in [1.54, 1.807) is 24.3 Å². The number of hydrogen-bond donors (Lipinski definition) is 2. The Kier molecular flexibility index (Phi) is 11.2. The van der Waals surface area contributed by atoms with Gasteiger partial charge in [-0.15, -0.1) is 0 Å². The number of nitrogens with zero attached hydrogens (tertiary/aromatic N) is 2. The molecular weight excluding hydrogens is 641 g/mol. The van der Waals surface area contributed by atoms with Crippen LogP contribution in [-0.4, -0.2) is 60.9 Å². The number of carbonyl (C=O) groups is 2. The summed E-state index contributed by atoms with van der Waals surface area (Å²) in [6.07, 6.45) is 3.88. The lowest BCUT2D eigenvalue weighted by atomic mass is 9.72. The molecule has 6 nitrogen and oxygen atoms in total. The van der Waals surface area contributed by atoms with E-state index in [1.165, 1.54) is 22.3 Å². The van der Waals surface area contributed by atoms with Crippen LogP contribution >= 0.6 is 0 Å². The van der Waals surface area contributed by atoms with Gasteiger partial charge in [0.15, 0.2) is 0 Å². The van der Waals surface area contributed by atoms with Crippen molar-refractivity contribution in [3.05, 3.63) is 179 Å². The van der Waals surface area contributed by atoms with Crippen LogP contribution in [0.5, 0.6) is 0 Å². The van der Waals surface area contributed by atoms with Gasteiger partial charge in [-0.25, -0.2) is 0 Å². The molecule has 0 bridgehead atoms. The topological polar surface area (TPSA) is 64.7 Å². The van der Waals surface area contributed by atoms with Crippen molar-refractivity contribution in [1.29, 1.82) is 0 Å². The number of rotatable bonds is 12. The molecule has 2 heterocycles. The largest absolute Gasteiger partial charge is 0.351 e. The van der Waals surface area contributed by atoms with Gasteiger partial charge >= 0.3 is 0 Å². The Morgan fingerprint density at radius 1 is 0.442 bits per heavy atom. The summed E-state index contributed by atoms with van der Waals surface area (Å²) in [6.45, 7) is 6.92. The third kappa shape index (κ3) is 8.52. The molecule has 0 aromatic heterocycles. The van der Waals surface area contributed by atoms with Crippen molar-refractivity contribution in [2.24, 2.45) is 0 Å². The van der Waals surface area contributed by atoms with Crippen LogP contribution < -0.4 is 10.6 Å². The molecule has 2 amide bonds. The van der Waals surface area contributed by atoms with Crippen molar-refractivity contribution >= 4 is 11.8 Å². The lowest BCUT2D eigenvalue weighted by Crippen LogP contribution is -2.49. The normalized spacial score (nSPS) is 17.2. The molecule has 2 saturated heterocycles. The van der Waals surface area contributed by atoms with Gasteiger partial charge in [0.1, 0.15) is 0 Å². The van der Waals surface area contributed by atoms with Crippen LogP contribution in [0.15, 0.2) is 146 Å². The summed E-state index contributed by atoms with van der Waals surface area (Å²) in [7, 11) is 0. The fourth-order valence-electron chi connectivity index (χ4n) is 8.16. The van der Waals surface area contributed by atoms with Gasteiger partial charge in [-0.1, -0.05) is 121 Å². The van der Waals surface area contributed by atoms with Gasteiger partial charge in [-0.3, -0.25) is 19.4 Å². The molecule has 5 aromatic rings. The highest BCUT2D eigenvalue weighted by molar-refractivity contribution is 5.97. The Bertz CT molecular complexity index is 1730. The number of piperidine rings is 2. The first kappa shape index (κ1) is 35.4. The third-order valence-electron chi connectivity index (χ3n) is 11.5. The molecule has 2 N–H and O–H groups in total. The number of benzene rings is 5. The Balaban J connectivity index is 0.955. The molecule has 0 radical (unpaired) electrons. The Labute approximate surface area is 308 Å². The predicted octanol–water partition coefficient (Wildman–Crippen LogP) is 7.61. The van der Waals surface area contributed by atoms with Crippen LogP contribution in [-0.2, 0) is 23.9 Å². The second-order valence-electron chi connectivity index (χ2n) is 14.8. The molecule has 2 fully saturated rings. The van der Waals surface area contributed by atoms with Crippen molar-refractivity contribution in [3.63, 3.8) is 0 Å². The molecule has 2 aliphatic heterocycles. The van der Waals surface area contributed by atoms with E-state index in [0.29, 0.717) is 24.2 Å². The zero-order valence-corrected chi connectivity index (χ0v) is 30.1. The van der Waals surface area contributed by atoms with Crippen molar-refractivity contribution in [1.82, 2.24) is 20.4 Å². The molecule has 5 aromatic carbocycles. The third-order valence-corrected chi connectivity index (χ3v) is 11.5. The van der Waals surface area contributed by atoms with Crippen LogP contribution in [0.4, 0.5) is 0 Å². The Morgan fingerprint density at radius 3 is 1.08 bits per heavy atom. The SMILES string of the molecule is O=C(NCC1(c2ccccc2)CCN(Cc2ccccc2)CC1)c1ccc(C(=O)NCC2(c3ccccc3)CCN(Cc3ccccc3)CC2)cc1. The maximum Gasteiger partial charge on any atom is 0.251 e.